The zero-order valence-corrected chi connectivity index (χ0v) is 5.93. The van der Waals surface area contributed by atoms with Crippen LogP contribution in [0.5, 0.6) is 0 Å². The monoisotopic (exact) mass is 142 g/mol. The summed E-state index contributed by atoms with van der Waals surface area (Å²) in [5.41, 5.74) is -0.644. The van der Waals surface area contributed by atoms with E-state index in [0.29, 0.717) is 6.42 Å². The Labute approximate surface area is 57.6 Å². The number of alkyl halides is 1. The Morgan fingerprint density at radius 3 is 2.00 bits per heavy atom. The normalized spacial score (nSPS) is 12.5. The van der Waals surface area contributed by atoms with Gasteiger partial charge in [0.2, 0.25) is 0 Å². The van der Waals surface area contributed by atoms with E-state index in [1.54, 1.807) is 0 Å². The van der Waals surface area contributed by atoms with Crippen molar-refractivity contribution in [2.24, 2.45) is 0 Å². The number of hydrogen-bond donors (Lipinski definition) is 1. The number of aliphatic hydroxyl groups is 1. The van der Waals surface area contributed by atoms with Gasteiger partial charge in [-0.2, -0.15) is 0 Å². The van der Waals surface area contributed by atoms with Gasteiger partial charge in [0.1, 0.15) is 5.56 Å². The minimum absolute atomic E-state index is 0. The molecule has 0 fully saturated rings. The molecule has 0 spiro atoms. The van der Waals surface area contributed by atoms with Crippen LogP contribution >= 0.6 is 11.6 Å². The number of hydrogen-bond acceptors (Lipinski definition) is 1. The Hall–Kier alpha value is 0.964. The average molecular weight is 142 g/mol. The van der Waals surface area contributed by atoms with Crippen LogP contribution in [0.1, 0.15) is 13.3 Å². The standard InChI is InChI=1S/C3H7ClO.Ti/c1-2-3(4)5;/h3,5H,2H2,1H3;. The van der Waals surface area contributed by atoms with E-state index < -0.39 is 5.56 Å². The molecular weight excluding hydrogens is 135 g/mol. The number of aliphatic hydroxyl groups excluding tert-OH is 1. The summed E-state index contributed by atoms with van der Waals surface area (Å²) in [6.45, 7) is 1.82. The molecule has 0 aromatic carbocycles. The summed E-state index contributed by atoms with van der Waals surface area (Å²) in [6, 6.07) is 0. The van der Waals surface area contributed by atoms with Crippen LogP contribution in [0.4, 0.5) is 0 Å². The molecule has 0 amide bonds. The number of halogens is 1. The van der Waals surface area contributed by atoms with Gasteiger partial charge in [-0.15, -0.1) is 0 Å². The molecule has 0 radical (unpaired) electrons. The Kier molecular flexibility index (Phi) is 9.99. The summed E-state index contributed by atoms with van der Waals surface area (Å²) >= 11 is 5.02. The molecule has 0 saturated heterocycles. The van der Waals surface area contributed by atoms with E-state index in [2.05, 4.69) is 0 Å². The molecule has 1 N–H and O–H groups in total. The Bertz CT molecular complexity index is 24.8. The van der Waals surface area contributed by atoms with Crippen LogP contribution in [0.25, 0.3) is 0 Å². The molecule has 0 heterocycles. The van der Waals surface area contributed by atoms with Crippen molar-refractivity contribution in [3.8, 4) is 0 Å². The zero-order valence-electron chi connectivity index (χ0n) is 3.61. The molecule has 0 aliphatic rings. The molecule has 1 atom stereocenters. The zero-order chi connectivity index (χ0) is 4.28. The molecule has 3 heteroatoms. The third kappa shape index (κ3) is 8.88. The molecule has 0 aliphatic heterocycles. The largest absolute Gasteiger partial charge is 0.378 e. The molecule has 0 aromatic rings. The van der Waals surface area contributed by atoms with Crippen LogP contribution in [-0.4, -0.2) is 10.7 Å². The first-order valence-electron chi connectivity index (χ1n) is 1.59. The molecule has 1 unspecified atom stereocenters. The van der Waals surface area contributed by atoms with Crippen molar-refractivity contribution in [3.63, 3.8) is 0 Å². The molecule has 0 saturated carbocycles. The second kappa shape index (κ2) is 5.96. The van der Waals surface area contributed by atoms with Crippen molar-refractivity contribution >= 4 is 11.6 Å². The van der Waals surface area contributed by atoms with Crippen LogP contribution in [0.3, 0.4) is 0 Å². The molecule has 0 bridgehead atoms. The van der Waals surface area contributed by atoms with Crippen molar-refractivity contribution in [3.05, 3.63) is 0 Å². The third-order valence-corrected chi connectivity index (χ3v) is 0.645. The molecule has 0 aliphatic carbocycles. The van der Waals surface area contributed by atoms with Gasteiger partial charge in [0.05, 0.1) is 0 Å². The van der Waals surface area contributed by atoms with Gasteiger partial charge in [-0.3, -0.25) is 0 Å². The first-order chi connectivity index (χ1) is 2.27. The SMILES string of the molecule is CCC(O)Cl.[Ti]. The van der Waals surface area contributed by atoms with Crippen LogP contribution in [0.2, 0.25) is 0 Å². The van der Waals surface area contributed by atoms with Gasteiger partial charge < -0.3 is 5.11 Å². The maximum Gasteiger partial charge on any atom is 0.127 e. The van der Waals surface area contributed by atoms with E-state index in [1.165, 1.54) is 0 Å². The van der Waals surface area contributed by atoms with Gasteiger partial charge in [0, 0.05) is 21.7 Å². The van der Waals surface area contributed by atoms with Gasteiger partial charge >= 0.3 is 0 Å². The van der Waals surface area contributed by atoms with Crippen LogP contribution in [0.15, 0.2) is 0 Å². The smallest absolute Gasteiger partial charge is 0.127 e. The fourth-order valence-corrected chi connectivity index (χ4v) is 0. The van der Waals surface area contributed by atoms with E-state index >= 15 is 0 Å². The topological polar surface area (TPSA) is 20.2 Å². The molecule has 6 heavy (non-hydrogen) atoms. The summed E-state index contributed by atoms with van der Waals surface area (Å²) in [4.78, 5) is 0. The van der Waals surface area contributed by atoms with E-state index in [-0.39, 0.29) is 21.7 Å². The molecular formula is C3H7ClOTi. The van der Waals surface area contributed by atoms with Crippen molar-refractivity contribution < 1.29 is 26.8 Å². The molecule has 0 rings (SSSR count). The minimum atomic E-state index is -0.644. The first-order valence-corrected chi connectivity index (χ1v) is 2.03. The third-order valence-electron chi connectivity index (χ3n) is 0.337. The van der Waals surface area contributed by atoms with Crippen molar-refractivity contribution in [1.29, 1.82) is 0 Å². The van der Waals surface area contributed by atoms with Gasteiger partial charge in [0.25, 0.3) is 0 Å². The van der Waals surface area contributed by atoms with Crippen LogP contribution < -0.4 is 0 Å². The quantitative estimate of drug-likeness (QED) is 0.427. The van der Waals surface area contributed by atoms with E-state index in [1.807, 2.05) is 6.92 Å². The summed E-state index contributed by atoms with van der Waals surface area (Å²) in [7, 11) is 0. The van der Waals surface area contributed by atoms with Gasteiger partial charge in [0.15, 0.2) is 0 Å². The van der Waals surface area contributed by atoms with Crippen molar-refractivity contribution in [2.75, 3.05) is 0 Å². The van der Waals surface area contributed by atoms with Gasteiger partial charge in [-0.25, -0.2) is 0 Å². The van der Waals surface area contributed by atoms with E-state index in [0.717, 1.165) is 0 Å². The molecule has 36 valence electrons. The first kappa shape index (κ1) is 10.1. The molecule has 1 nitrogen and oxygen atoms in total. The fourth-order valence-electron chi connectivity index (χ4n) is 0. The van der Waals surface area contributed by atoms with Crippen molar-refractivity contribution in [1.82, 2.24) is 0 Å². The second-order valence-corrected chi connectivity index (χ2v) is 1.35. The number of rotatable bonds is 1. The van der Waals surface area contributed by atoms with Crippen LogP contribution in [-0.2, 0) is 21.7 Å². The van der Waals surface area contributed by atoms with Crippen molar-refractivity contribution in [2.45, 2.75) is 18.9 Å². The summed E-state index contributed by atoms with van der Waals surface area (Å²) < 4.78 is 0. The van der Waals surface area contributed by atoms with Crippen LogP contribution in [0, 0.1) is 0 Å². The predicted octanol–water partition coefficient (Wildman–Crippen LogP) is 0.951. The maximum absolute atomic E-state index is 8.13. The average Bonchev–Trinajstić information content (AvgIpc) is 1.38. The fraction of sp³-hybridized carbons (Fsp3) is 1.00. The minimum Gasteiger partial charge on any atom is -0.378 e. The van der Waals surface area contributed by atoms with Gasteiger partial charge in [-0.1, -0.05) is 18.5 Å². The Morgan fingerprint density at radius 1 is 1.83 bits per heavy atom. The Balaban J connectivity index is 0. The Morgan fingerprint density at radius 2 is 2.00 bits per heavy atom. The van der Waals surface area contributed by atoms with E-state index in [9.17, 15) is 0 Å². The van der Waals surface area contributed by atoms with Gasteiger partial charge in [-0.05, 0) is 6.42 Å². The van der Waals surface area contributed by atoms with E-state index in [4.69, 9.17) is 16.7 Å². The summed E-state index contributed by atoms with van der Waals surface area (Å²) in [6.07, 6.45) is 0.627. The summed E-state index contributed by atoms with van der Waals surface area (Å²) in [5.74, 6) is 0. The predicted molar refractivity (Wildman–Crippen MR) is 22.2 cm³/mol. The maximum atomic E-state index is 8.13. The molecule has 0 aromatic heterocycles. The summed E-state index contributed by atoms with van der Waals surface area (Å²) in [5, 5.41) is 8.13. The second-order valence-electron chi connectivity index (χ2n) is 0.843.